The molecule has 23 heavy (non-hydrogen) atoms. The van der Waals surface area contributed by atoms with E-state index in [0.29, 0.717) is 0 Å². The number of hydrogen-bond donors (Lipinski definition) is 0. The summed E-state index contributed by atoms with van der Waals surface area (Å²) in [6.07, 6.45) is 0. The van der Waals surface area contributed by atoms with Crippen molar-refractivity contribution in [3.8, 4) is 0 Å². The second-order valence-corrected chi connectivity index (χ2v) is 7.26. The van der Waals surface area contributed by atoms with Crippen LogP contribution in [0.25, 0.3) is 0 Å². The van der Waals surface area contributed by atoms with Crippen LogP contribution in [0.1, 0.15) is 0 Å². The molecule has 0 aromatic heterocycles. The van der Waals surface area contributed by atoms with Crippen LogP contribution < -0.4 is 29.4 Å². The van der Waals surface area contributed by atoms with E-state index in [1.54, 1.807) is 0 Å². The van der Waals surface area contributed by atoms with Crippen LogP contribution in [0.4, 0.5) is 0 Å². The molecule has 0 spiro atoms. The van der Waals surface area contributed by atoms with E-state index in [9.17, 15) is 56.8 Å². The summed E-state index contributed by atoms with van der Waals surface area (Å²) in [4.78, 5) is 55.7. The smallest absolute Gasteiger partial charge is 0.781 e. The van der Waals surface area contributed by atoms with Crippen molar-refractivity contribution < 1.29 is 150 Å². The van der Waals surface area contributed by atoms with Crippen molar-refractivity contribution in [1.82, 2.24) is 0 Å². The van der Waals surface area contributed by atoms with Gasteiger partial charge < -0.3 is 56.8 Å². The Bertz CT molecular complexity index is 318. The van der Waals surface area contributed by atoms with E-state index >= 15 is 0 Å². The third-order valence-corrected chi connectivity index (χ3v) is 4.50. The fourth-order valence-corrected chi connectivity index (χ4v) is 1.84. The first-order valence-electron chi connectivity index (χ1n) is 3.67. The van der Waals surface area contributed by atoms with Crippen molar-refractivity contribution in [2.45, 2.75) is 0 Å². The number of hydrogen-bond acceptors (Lipinski definition) is 15. The van der Waals surface area contributed by atoms with Crippen LogP contribution in [0.2, 0.25) is 0 Å². The Labute approximate surface area is 196 Å². The first-order chi connectivity index (χ1) is 9.38. The Hall–Kier alpha value is 3.67. The van der Waals surface area contributed by atoms with Crippen molar-refractivity contribution in [3.63, 3.8) is 0 Å². The summed E-state index contributed by atoms with van der Waals surface area (Å²) in [7, 11) is -21.1. The maximum atomic E-state index is 9.29. The zero-order chi connectivity index (χ0) is 17.6. The van der Waals surface area contributed by atoms with Gasteiger partial charge in [0.25, 0.3) is 0 Å². The Balaban J connectivity index is -0.0000000675. The van der Waals surface area contributed by atoms with Crippen molar-refractivity contribution in [2.24, 2.45) is 0 Å². The average Bonchev–Trinajstić information content (AvgIpc) is 2.10. The summed E-state index contributed by atoms with van der Waals surface area (Å²) >= 11 is 0. The molecule has 0 fully saturated rings. The molecule has 2 radical (unpaired) electrons. The zero-order valence-electron chi connectivity index (χ0n) is 9.83. The largest absolute Gasteiger partial charge is 3.00 e. The van der Waals surface area contributed by atoms with Gasteiger partial charge in [-0.2, -0.15) is 0 Å². The monoisotopic (exact) mass is 748 g/mol. The molecule has 0 aliphatic rings. The van der Waals surface area contributed by atoms with Gasteiger partial charge in [-0.15, -0.1) is 0 Å². The van der Waals surface area contributed by atoms with Gasteiger partial charge in [-0.3, -0.25) is 12.9 Å². The van der Waals surface area contributed by atoms with Gasteiger partial charge in [0.15, 0.2) is 0 Å². The molecule has 6 atom stereocenters. The Morgan fingerprint density at radius 3 is 0.478 bits per heavy atom. The van der Waals surface area contributed by atoms with E-state index in [-0.39, 0.29) is 79.9 Å². The van der Waals surface area contributed by atoms with Crippen LogP contribution in [-0.2, 0) is 40.3 Å². The first-order valence-corrected chi connectivity index (χ1v) is 11.0. The van der Waals surface area contributed by atoms with Crippen LogP contribution >= 0.6 is 49.5 Å². The standard InChI is InChI=1S/2Gd.3H4O5P2/c;;3*1-6(2)5-7(3)4/h;;3*6-7H,(H,1,2)(H,3,4)/q2*+3;;;/p-6. The molecule has 0 N–H and O–H groups in total. The third-order valence-electron chi connectivity index (χ3n) is 0.500. The SMILES string of the molecule is O=[PH]([O-])O[PH](=O)[O-].O=[PH]([O-])O[PH](=O)[O-].O=[PH]([O-])O[PH](=O)[O-].[Gd+3].[Gd+3]. The second-order valence-electron chi connectivity index (χ2n) is 1.81. The quantitative estimate of drug-likeness (QED) is 0.232. The normalized spacial score (nSPS) is 17.0. The predicted molar refractivity (Wildman–Crippen MR) is 57.3 cm³/mol. The van der Waals surface area contributed by atoms with Gasteiger partial charge in [-0.1, -0.05) is 0 Å². The molecule has 0 aliphatic carbocycles. The predicted octanol–water partition coefficient (Wildman–Crippen LogP) is -4.49. The molecule has 23 heteroatoms. The zero-order valence-corrected chi connectivity index (χ0v) is 20.4. The first kappa shape index (κ1) is 37.4. The third kappa shape index (κ3) is 58.6. The van der Waals surface area contributed by atoms with E-state index in [0.717, 1.165) is 0 Å². The molecule has 0 bridgehead atoms. The Morgan fingerprint density at radius 1 is 0.391 bits per heavy atom. The van der Waals surface area contributed by atoms with Crippen molar-refractivity contribution in [1.29, 1.82) is 0 Å². The van der Waals surface area contributed by atoms with E-state index in [4.69, 9.17) is 0 Å². The molecule has 0 rings (SSSR count). The molecule has 0 heterocycles. The van der Waals surface area contributed by atoms with Gasteiger partial charge in [0, 0.05) is 0 Å². The summed E-state index contributed by atoms with van der Waals surface area (Å²) < 4.78 is 65.4. The molecule has 0 aliphatic heterocycles. The second kappa shape index (κ2) is 25.7. The minimum Gasteiger partial charge on any atom is -0.781 e. The molecular formula is H6Gd2O15P6. The molecule has 6 unspecified atom stereocenters. The van der Waals surface area contributed by atoms with Gasteiger partial charge in [0.1, 0.15) is 49.5 Å². The molecule has 15 nitrogen and oxygen atoms in total. The average molecular weight is 746 g/mol. The fraction of sp³-hybridized carbons (Fsp3) is 0. The van der Waals surface area contributed by atoms with Crippen LogP contribution in [-0.4, -0.2) is 0 Å². The van der Waals surface area contributed by atoms with Gasteiger partial charge in [-0.05, 0) is 0 Å². The van der Waals surface area contributed by atoms with Gasteiger partial charge in [0.05, 0.1) is 0 Å². The van der Waals surface area contributed by atoms with E-state index in [2.05, 4.69) is 12.9 Å². The summed E-state index contributed by atoms with van der Waals surface area (Å²) in [5.74, 6) is 0. The van der Waals surface area contributed by atoms with Gasteiger partial charge in [0.2, 0.25) is 0 Å². The topological polar surface area (TPSA) is 268 Å². The molecule has 142 valence electrons. The van der Waals surface area contributed by atoms with E-state index in [1.165, 1.54) is 0 Å². The maximum Gasteiger partial charge on any atom is 3.00 e. The molecular weight excluding hydrogens is 740 g/mol. The van der Waals surface area contributed by atoms with Crippen LogP contribution in [0.3, 0.4) is 0 Å². The van der Waals surface area contributed by atoms with Crippen molar-refractivity contribution in [3.05, 3.63) is 0 Å². The van der Waals surface area contributed by atoms with E-state index in [1.807, 2.05) is 0 Å². The fourth-order valence-electron chi connectivity index (χ4n) is 0.204. The Morgan fingerprint density at radius 2 is 0.478 bits per heavy atom. The van der Waals surface area contributed by atoms with E-state index < -0.39 is 49.5 Å². The molecule has 0 aromatic rings. The van der Waals surface area contributed by atoms with Crippen molar-refractivity contribution in [2.75, 3.05) is 0 Å². The summed E-state index contributed by atoms with van der Waals surface area (Å²) in [5.41, 5.74) is 0. The van der Waals surface area contributed by atoms with Gasteiger partial charge >= 0.3 is 79.9 Å². The number of rotatable bonds is 6. The summed E-state index contributed by atoms with van der Waals surface area (Å²) in [6.45, 7) is 0. The van der Waals surface area contributed by atoms with Crippen LogP contribution in [0.15, 0.2) is 0 Å². The van der Waals surface area contributed by atoms with Gasteiger partial charge in [-0.25, -0.2) is 0 Å². The molecule has 0 amide bonds. The molecule has 0 saturated heterocycles. The van der Waals surface area contributed by atoms with Crippen LogP contribution in [0.5, 0.6) is 0 Å². The Kier molecular flexibility index (Phi) is 41.8. The minimum atomic E-state index is -3.51. The summed E-state index contributed by atoms with van der Waals surface area (Å²) in [5, 5.41) is 0. The summed E-state index contributed by atoms with van der Waals surface area (Å²) in [6, 6.07) is 0. The maximum absolute atomic E-state index is 9.29. The molecule has 0 aromatic carbocycles. The van der Waals surface area contributed by atoms with Crippen molar-refractivity contribution >= 4 is 49.5 Å². The van der Waals surface area contributed by atoms with Crippen LogP contribution in [0, 0.1) is 79.9 Å². The minimum absolute atomic E-state index is 0. The molecule has 0 saturated carbocycles.